The Hall–Kier alpha value is -2.56. The third kappa shape index (κ3) is 7.24. The standard InChI is InChI=1S/C25H46N6O5/c1-14(2)27-22(34)31-13-17(36-23(35)29-25(7,8)9)18-16(31)11-12-30(18)21(33)19(24(4,5)6)28-20(32)15(3)26-10/h14-19,26H,11-13H2,1-10H3,(H,27,34)(H,28,32)(H,29,35)/t15-,16?,17-,18-,19+/m0/s1. The third-order valence-electron chi connectivity index (χ3n) is 6.50. The fourth-order valence-corrected chi connectivity index (χ4v) is 4.64. The number of ether oxygens (including phenoxy) is 1. The Morgan fingerprint density at radius 2 is 1.56 bits per heavy atom. The van der Waals surface area contributed by atoms with Gasteiger partial charge in [0.1, 0.15) is 12.1 Å². The summed E-state index contributed by atoms with van der Waals surface area (Å²) < 4.78 is 5.81. The van der Waals surface area contributed by atoms with E-state index in [1.54, 1.807) is 23.8 Å². The van der Waals surface area contributed by atoms with Gasteiger partial charge in [-0.3, -0.25) is 9.59 Å². The van der Waals surface area contributed by atoms with Crippen molar-refractivity contribution in [2.75, 3.05) is 20.1 Å². The van der Waals surface area contributed by atoms with Crippen LogP contribution in [0.5, 0.6) is 0 Å². The van der Waals surface area contributed by atoms with E-state index >= 15 is 0 Å². The molecule has 4 N–H and O–H groups in total. The molecule has 206 valence electrons. The van der Waals surface area contributed by atoms with Gasteiger partial charge in [0.05, 0.1) is 24.7 Å². The first-order valence-corrected chi connectivity index (χ1v) is 12.8. The van der Waals surface area contributed by atoms with Gasteiger partial charge >= 0.3 is 12.1 Å². The van der Waals surface area contributed by atoms with Gasteiger partial charge in [0, 0.05) is 18.1 Å². The van der Waals surface area contributed by atoms with Crippen LogP contribution in [0.2, 0.25) is 0 Å². The second-order valence-corrected chi connectivity index (χ2v) is 12.3. The molecular weight excluding hydrogens is 464 g/mol. The number of likely N-dealkylation sites (N-methyl/N-ethyl adjacent to an activating group) is 1. The highest BCUT2D eigenvalue weighted by atomic mass is 16.6. The summed E-state index contributed by atoms with van der Waals surface area (Å²) in [5, 5.41) is 11.5. The molecule has 0 aromatic rings. The number of rotatable bonds is 6. The molecule has 2 saturated heterocycles. The van der Waals surface area contributed by atoms with Crippen molar-refractivity contribution in [3.05, 3.63) is 0 Å². The average molecular weight is 511 g/mol. The molecule has 0 radical (unpaired) electrons. The minimum absolute atomic E-state index is 0.0612. The lowest BCUT2D eigenvalue weighted by molar-refractivity contribution is -0.141. The van der Waals surface area contributed by atoms with E-state index in [-0.39, 0.29) is 36.5 Å². The first-order chi connectivity index (χ1) is 16.5. The second-order valence-electron chi connectivity index (χ2n) is 12.3. The van der Waals surface area contributed by atoms with Crippen molar-refractivity contribution in [1.82, 2.24) is 31.1 Å². The van der Waals surface area contributed by atoms with Crippen LogP contribution in [0.3, 0.4) is 0 Å². The number of fused-ring (bicyclic) bond motifs is 1. The van der Waals surface area contributed by atoms with Crippen LogP contribution < -0.4 is 21.3 Å². The molecule has 0 aliphatic carbocycles. The van der Waals surface area contributed by atoms with Gasteiger partial charge < -0.3 is 35.8 Å². The Morgan fingerprint density at radius 1 is 0.944 bits per heavy atom. The molecule has 5 atom stereocenters. The van der Waals surface area contributed by atoms with Gasteiger partial charge in [-0.05, 0) is 60.4 Å². The average Bonchev–Trinajstić information content (AvgIpc) is 3.29. The molecule has 0 aromatic heterocycles. The molecule has 11 nitrogen and oxygen atoms in total. The highest BCUT2D eigenvalue weighted by Gasteiger charge is 2.55. The van der Waals surface area contributed by atoms with Gasteiger partial charge in [0.15, 0.2) is 0 Å². The number of likely N-dealkylation sites (tertiary alicyclic amines) is 2. The summed E-state index contributed by atoms with van der Waals surface area (Å²) in [4.78, 5) is 55.6. The maximum atomic E-state index is 13.9. The molecule has 11 heteroatoms. The van der Waals surface area contributed by atoms with E-state index in [4.69, 9.17) is 4.74 Å². The van der Waals surface area contributed by atoms with Crippen LogP contribution in [0.15, 0.2) is 0 Å². The molecule has 0 aromatic carbocycles. The first kappa shape index (κ1) is 29.7. The lowest BCUT2D eigenvalue weighted by Gasteiger charge is -2.37. The largest absolute Gasteiger partial charge is 0.442 e. The lowest BCUT2D eigenvalue weighted by atomic mass is 9.85. The number of hydrogen-bond donors (Lipinski definition) is 4. The summed E-state index contributed by atoms with van der Waals surface area (Å²) in [6, 6.07) is -2.37. The van der Waals surface area contributed by atoms with E-state index in [1.165, 1.54) is 0 Å². The zero-order valence-electron chi connectivity index (χ0n) is 23.5. The normalized spacial score (nSPS) is 23.7. The highest BCUT2D eigenvalue weighted by molar-refractivity contribution is 5.91. The Labute approximate surface area is 215 Å². The number of alkyl carbamates (subject to hydrolysis) is 1. The molecule has 0 saturated carbocycles. The smallest absolute Gasteiger partial charge is 0.407 e. The fraction of sp³-hybridized carbons (Fsp3) is 0.840. The Balaban J connectivity index is 2.35. The lowest BCUT2D eigenvalue weighted by Crippen LogP contribution is -2.60. The second kappa shape index (κ2) is 11.2. The SMILES string of the molecule is CN[C@@H](C)C(=O)N[C@H](C(=O)N1CCC2[C@H]1[C@@H](OC(=O)NC(C)(C)C)CN2C(=O)NC(C)C)C(C)(C)C. The minimum Gasteiger partial charge on any atom is -0.442 e. The maximum Gasteiger partial charge on any atom is 0.407 e. The number of amides is 5. The van der Waals surface area contributed by atoms with Crippen LogP contribution in [0, 0.1) is 5.41 Å². The van der Waals surface area contributed by atoms with Crippen LogP contribution in [0.4, 0.5) is 9.59 Å². The number of carbonyl (C=O) groups is 4. The molecule has 2 rings (SSSR count). The molecule has 36 heavy (non-hydrogen) atoms. The van der Waals surface area contributed by atoms with Gasteiger partial charge in [0.2, 0.25) is 11.8 Å². The molecule has 1 unspecified atom stereocenters. The van der Waals surface area contributed by atoms with Crippen LogP contribution in [0.25, 0.3) is 0 Å². The molecule has 2 aliphatic heterocycles. The Kier molecular flexibility index (Phi) is 9.25. The van der Waals surface area contributed by atoms with Crippen LogP contribution in [-0.2, 0) is 14.3 Å². The summed E-state index contributed by atoms with van der Waals surface area (Å²) in [6.07, 6.45) is -0.741. The van der Waals surface area contributed by atoms with E-state index in [0.717, 1.165) is 0 Å². The van der Waals surface area contributed by atoms with Crippen LogP contribution in [-0.4, -0.2) is 95.7 Å². The number of hydrogen-bond acceptors (Lipinski definition) is 6. The fourth-order valence-electron chi connectivity index (χ4n) is 4.64. The topological polar surface area (TPSA) is 132 Å². The van der Waals surface area contributed by atoms with E-state index < -0.39 is 41.3 Å². The van der Waals surface area contributed by atoms with Crippen molar-refractivity contribution in [3.63, 3.8) is 0 Å². The molecule has 0 spiro atoms. The Morgan fingerprint density at radius 3 is 2.06 bits per heavy atom. The van der Waals surface area contributed by atoms with E-state index in [9.17, 15) is 19.2 Å². The van der Waals surface area contributed by atoms with Crippen molar-refractivity contribution < 1.29 is 23.9 Å². The Bertz CT molecular complexity index is 834. The zero-order valence-corrected chi connectivity index (χ0v) is 23.5. The van der Waals surface area contributed by atoms with Gasteiger partial charge in [-0.25, -0.2) is 9.59 Å². The molecular formula is C25H46N6O5. The maximum absolute atomic E-state index is 13.9. The van der Waals surface area contributed by atoms with Gasteiger partial charge in [0.25, 0.3) is 0 Å². The van der Waals surface area contributed by atoms with Crippen LogP contribution in [0.1, 0.15) is 68.7 Å². The zero-order chi connectivity index (χ0) is 27.6. The van der Waals surface area contributed by atoms with Crippen molar-refractivity contribution in [2.45, 2.75) is 111 Å². The number of carbonyl (C=O) groups excluding carboxylic acids is 4. The van der Waals surface area contributed by atoms with E-state index in [2.05, 4.69) is 21.3 Å². The minimum atomic E-state index is -0.790. The van der Waals surface area contributed by atoms with Gasteiger partial charge in [-0.1, -0.05) is 20.8 Å². The predicted molar refractivity (Wildman–Crippen MR) is 137 cm³/mol. The summed E-state index contributed by atoms with van der Waals surface area (Å²) in [5.41, 5.74) is -1.06. The predicted octanol–water partition coefficient (Wildman–Crippen LogP) is 1.42. The van der Waals surface area contributed by atoms with Crippen LogP contribution >= 0.6 is 0 Å². The van der Waals surface area contributed by atoms with E-state index in [1.807, 2.05) is 55.4 Å². The molecule has 2 heterocycles. The number of urea groups is 1. The van der Waals surface area contributed by atoms with E-state index in [0.29, 0.717) is 13.0 Å². The molecule has 0 bridgehead atoms. The molecule has 5 amide bonds. The third-order valence-corrected chi connectivity index (χ3v) is 6.50. The number of nitrogens with zero attached hydrogens (tertiary/aromatic N) is 2. The van der Waals surface area contributed by atoms with Crippen molar-refractivity contribution in [2.24, 2.45) is 5.41 Å². The first-order valence-electron chi connectivity index (χ1n) is 12.8. The monoisotopic (exact) mass is 510 g/mol. The summed E-state index contributed by atoms with van der Waals surface area (Å²) >= 11 is 0. The quantitative estimate of drug-likeness (QED) is 0.427. The number of nitrogens with one attached hydrogen (secondary N) is 4. The van der Waals surface area contributed by atoms with Crippen molar-refractivity contribution in [3.8, 4) is 0 Å². The molecule has 2 aliphatic rings. The van der Waals surface area contributed by atoms with Crippen molar-refractivity contribution >= 4 is 23.9 Å². The van der Waals surface area contributed by atoms with Crippen molar-refractivity contribution in [1.29, 1.82) is 0 Å². The van der Waals surface area contributed by atoms with Gasteiger partial charge in [-0.15, -0.1) is 0 Å². The molecule has 2 fully saturated rings. The highest BCUT2D eigenvalue weighted by Crippen LogP contribution is 2.35. The summed E-state index contributed by atoms with van der Waals surface area (Å²) in [7, 11) is 1.68. The summed E-state index contributed by atoms with van der Waals surface area (Å²) in [6.45, 7) is 17.3. The summed E-state index contributed by atoms with van der Waals surface area (Å²) in [5.74, 6) is -0.522. The van der Waals surface area contributed by atoms with Gasteiger partial charge in [-0.2, -0.15) is 0 Å².